The summed E-state index contributed by atoms with van der Waals surface area (Å²) >= 11 is 1.48. The highest BCUT2D eigenvalue weighted by Crippen LogP contribution is 2.25. The number of hydrogen-bond donors (Lipinski definition) is 0. The van der Waals surface area contributed by atoms with E-state index in [1.165, 1.54) is 11.3 Å². The average molecular weight is 307 g/mol. The van der Waals surface area contributed by atoms with Crippen molar-refractivity contribution >= 4 is 21.6 Å². The quantitative estimate of drug-likeness (QED) is 0.867. The van der Waals surface area contributed by atoms with Gasteiger partial charge in [0.25, 0.3) is 5.56 Å². The Labute approximate surface area is 128 Å². The fourth-order valence-corrected chi connectivity index (χ4v) is 3.95. The summed E-state index contributed by atoms with van der Waals surface area (Å²) in [5.74, 6) is 0. The summed E-state index contributed by atoms with van der Waals surface area (Å²) in [6, 6.07) is 0.0525. The number of thiophene rings is 1. The minimum atomic E-state index is 0.0525. The number of aryl methyl sites for hydroxylation is 1. The molecule has 2 aromatic heterocycles. The molecule has 114 valence electrons. The van der Waals surface area contributed by atoms with Gasteiger partial charge in [0.2, 0.25) is 0 Å². The van der Waals surface area contributed by atoms with Crippen LogP contribution >= 0.6 is 11.3 Å². The summed E-state index contributed by atoms with van der Waals surface area (Å²) < 4.78 is 8.37. The number of likely N-dealkylation sites (N-methyl/N-ethyl adjacent to an activating group) is 1. The van der Waals surface area contributed by atoms with E-state index in [0.717, 1.165) is 35.4 Å². The molecular formula is C15H21N3O2S. The van der Waals surface area contributed by atoms with Crippen molar-refractivity contribution in [1.82, 2.24) is 14.5 Å². The van der Waals surface area contributed by atoms with Crippen molar-refractivity contribution in [2.24, 2.45) is 0 Å². The van der Waals surface area contributed by atoms with Crippen molar-refractivity contribution in [2.45, 2.75) is 32.9 Å². The molecule has 6 heteroatoms. The summed E-state index contributed by atoms with van der Waals surface area (Å²) in [5, 5.41) is 2.00. The molecule has 5 nitrogen and oxygen atoms in total. The molecule has 1 fully saturated rings. The smallest absolute Gasteiger partial charge is 0.271 e. The maximum absolute atomic E-state index is 12.7. The SMILES string of the molecule is CCO[C@H]1CN(CC)C[C@@H]1n1cnc2c(C)csc2c1=O. The van der Waals surface area contributed by atoms with Crippen molar-refractivity contribution in [3.63, 3.8) is 0 Å². The Morgan fingerprint density at radius 1 is 1.43 bits per heavy atom. The van der Waals surface area contributed by atoms with E-state index in [9.17, 15) is 4.79 Å². The molecule has 2 aromatic rings. The van der Waals surface area contributed by atoms with Gasteiger partial charge < -0.3 is 4.74 Å². The Bertz CT molecular complexity index is 694. The van der Waals surface area contributed by atoms with E-state index in [1.807, 2.05) is 19.2 Å². The van der Waals surface area contributed by atoms with Crippen LogP contribution in [0.4, 0.5) is 0 Å². The minimum absolute atomic E-state index is 0.0525. The van der Waals surface area contributed by atoms with Crippen LogP contribution in [-0.4, -0.2) is 46.8 Å². The van der Waals surface area contributed by atoms with E-state index >= 15 is 0 Å². The highest BCUT2D eigenvalue weighted by molar-refractivity contribution is 7.17. The van der Waals surface area contributed by atoms with Gasteiger partial charge in [-0.1, -0.05) is 6.92 Å². The van der Waals surface area contributed by atoms with Crippen LogP contribution in [0.15, 0.2) is 16.5 Å². The highest BCUT2D eigenvalue weighted by Gasteiger charge is 2.34. The lowest BCUT2D eigenvalue weighted by Gasteiger charge is -2.20. The van der Waals surface area contributed by atoms with E-state index in [-0.39, 0.29) is 17.7 Å². The van der Waals surface area contributed by atoms with Crippen molar-refractivity contribution in [3.8, 4) is 0 Å². The maximum atomic E-state index is 12.7. The van der Waals surface area contributed by atoms with Gasteiger partial charge in [-0.15, -0.1) is 11.3 Å². The number of likely N-dealkylation sites (tertiary alicyclic amines) is 1. The zero-order valence-electron chi connectivity index (χ0n) is 12.7. The van der Waals surface area contributed by atoms with E-state index in [0.29, 0.717) is 6.61 Å². The summed E-state index contributed by atoms with van der Waals surface area (Å²) in [4.78, 5) is 19.5. The van der Waals surface area contributed by atoms with E-state index in [1.54, 1.807) is 10.9 Å². The van der Waals surface area contributed by atoms with E-state index in [2.05, 4.69) is 16.8 Å². The molecule has 0 aliphatic carbocycles. The predicted octanol–water partition coefficient (Wildman–Crippen LogP) is 2.05. The lowest BCUT2D eigenvalue weighted by molar-refractivity contribution is 0.0452. The topological polar surface area (TPSA) is 47.4 Å². The summed E-state index contributed by atoms with van der Waals surface area (Å²) in [6.45, 7) is 9.50. The van der Waals surface area contributed by atoms with Crippen LogP contribution in [-0.2, 0) is 4.74 Å². The number of ether oxygens (including phenoxy) is 1. The number of nitrogens with zero attached hydrogens (tertiary/aromatic N) is 3. The zero-order chi connectivity index (χ0) is 15.0. The predicted molar refractivity (Wildman–Crippen MR) is 85.2 cm³/mol. The lowest BCUT2D eigenvalue weighted by atomic mass is 10.2. The van der Waals surface area contributed by atoms with Crippen molar-refractivity contribution in [3.05, 3.63) is 27.6 Å². The molecule has 0 saturated carbocycles. The van der Waals surface area contributed by atoms with Gasteiger partial charge in [0.15, 0.2) is 0 Å². The van der Waals surface area contributed by atoms with Gasteiger partial charge in [-0.2, -0.15) is 0 Å². The first-order valence-electron chi connectivity index (χ1n) is 7.44. The van der Waals surface area contributed by atoms with Crippen LogP contribution in [0.1, 0.15) is 25.5 Å². The molecule has 0 spiro atoms. The van der Waals surface area contributed by atoms with Crippen molar-refractivity contribution in [2.75, 3.05) is 26.2 Å². The second-order valence-corrected chi connectivity index (χ2v) is 6.35. The largest absolute Gasteiger partial charge is 0.375 e. The normalized spacial score (nSPS) is 23.2. The molecule has 1 saturated heterocycles. The molecule has 2 atom stereocenters. The molecule has 1 aliphatic rings. The molecule has 1 aliphatic heterocycles. The zero-order valence-corrected chi connectivity index (χ0v) is 13.5. The molecule has 3 rings (SSSR count). The fraction of sp³-hybridized carbons (Fsp3) is 0.600. The van der Waals surface area contributed by atoms with Gasteiger partial charge in [0.1, 0.15) is 4.70 Å². The molecule has 0 bridgehead atoms. The highest BCUT2D eigenvalue weighted by atomic mass is 32.1. The third kappa shape index (κ3) is 2.52. The second kappa shape index (κ2) is 5.87. The van der Waals surface area contributed by atoms with E-state index in [4.69, 9.17) is 4.74 Å². The summed E-state index contributed by atoms with van der Waals surface area (Å²) in [5.41, 5.74) is 1.97. The molecule has 0 amide bonds. The monoisotopic (exact) mass is 307 g/mol. The Morgan fingerprint density at radius 2 is 2.24 bits per heavy atom. The number of rotatable bonds is 4. The fourth-order valence-electron chi connectivity index (χ4n) is 3.01. The Balaban J connectivity index is 2.02. The van der Waals surface area contributed by atoms with Crippen molar-refractivity contribution in [1.29, 1.82) is 0 Å². The van der Waals surface area contributed by atoms with Gasteiger partial charge in [-0.05, 0) is 31.3 Å². The average Bonchev–Trinajstić information content (AvgIpc) is 3.05. The third-order valence-electron chi connectivity index (χ3n) is 4.18. The third-order valence-corrected chi connectivity index (χ3v) is 5.26. The van der Waals surface area contributed by atoms with Crippen LogP contribution in [0.2, 0.25) is 0 Å². The van der Waals surface area contributed by atoms with Gasteiger partial charge >= 0.3 is 0 Å². The second-order valence-electron chi connectivity index (χ2n) is 5.47. The molecule has 0 radical (unpaired) electrons. The van der Waals surface area contributed by atoms with Crippen LogP contribution < -0.4 is 5.56 Å². The molecular weight excluding hydrogens is 286 g/mol. The van der Waals surface area contributed by atoms with Gasteiger partial charge in [0.05, 0.1) is 24.0 Å². The number of aromatic nitrogens is 2. The Hall–Kier alpha value is -1.24. The molecule has 0 unspecified atom stereocenters. The first-order chi connectivity index (χ1) is 10.2. The molecule has 3 heterocycles. The van der Waals surface area contributed by atoms with Crippen molar-refractivity contribution < 1.29 is 4.74 Å². The number of fused-ring (bicyclic) bond motifs is 1. The lowest BCUT2D eigenvalue weighted by Crippen LogP contribution is -2.33. The van der Waals surface area contributed by atoms with Crippen LogP contribution in [0.3, 0.4) is 0 Å². The molecule has 0 aromatic carbocycles. The molecule has 0 N–H and O–H groups in total. The molecule has 21 heavy (non-hydrogen) atoms. The van der Waals surface area contributed by atoms with Gasteiger partial charge in [-0.3, -0.25) is 14.3 Å². The maximum Gasteiger partial charge on any atom is 0.271 e. The van der Waals surface area contributed by atoms with Crippen LogP contribution in [0.25, 0.3) is 10.2 Å². The minimum Gasteiger partial charge on any atom is -0.375 e. The van der Waals surface area contributed by atoms with Crippen LogP contribution in [0.5, 0.6) is 0 Å². The first-order valence-corrected chi connectivity index (χ1v) is 8.32. The first kappa shape index (κ1) is 14.7. The van der Waals surface area contributed by atoms with Gasteiger partial charge in [0, 0.05) is 19.7 Å². The van der Waals surface area contributed by atoms with Gasteiger partial charge in [-0.25, -0.2) is 4.98 Å². The summed E-state index contributed by atoms with van der Waals surface area (Å²) in [6.07, 6.45) is 1.76. The Kier molecular flexibility index (Phi) is 4.10. The standard InChI is InChI=1S/C15H21N3O2S/c1-4-17-6-11(12(7-17)20-5-2)18-9-16-13-10(3)8-21-14(13)15(18)19/h8-9,11-12H,4-7H2,1-3H3/t11-,12-/m0/s1. The Morgan fingerprint density at radius 3 is 2.95 bits per heavy atom. The van der Waals surface area contributed by atoms with E-state index < -0.39 is 0 Å². The summed E-state index contributed by atoms with van der Waals surface area (Å²) in [7, 11) is 0. The van der Waals surface area contributed by atoms with Crippen LogP contribution in [0, 0.1) is 6.92 Å². The number of hydrogen-bond acceptors (Lipinski definition) is 5.